The smallest absolute Gasteiger partial charge is 0.0954 e. The van der Waals surface area contributed by atoms with Crippen LogP contribution < -0.4 is 5.73 Å². The van der Waals surface area contributed by atoms with E-state index in [1.165, 1.54) is 12.8 Å². The summed E-state index contributed by atoms with van der Waals surface area (Å²) in [5, 5.41) is 0. The first-order chi connectivity index (χ1) is 8.86. The molecule has 0 unspecified atom stereocenters. The van der Waals surface area contributed by atoms with Crippen molar-refractivity contribution >= 4 is 0 Å². The highest BCUT2D eigenvalue weighted by atomic mass is 15.1. The van der Waals surface area contributed by atoms with Crippen LogP contribution in [0.4, 0.5) is 0 Å². The largest absolute Gasteiger partial charge is 0.326 e. The van der Waals surface area contributed by atoms with Gasteiger partial charge in [-0.1, -0.05) is 12.8 Å². The lowest BCUT2D eigenvalue weighted by Crippen LogP contribution is -2.35. The molecule has 0 amide bonds. The summed E-state index contributed by atoms with van der Waals surface area (Å²) < 4.78 is 2.24. The van der Waals surface area contributed by atoms with E-state index in [9.17, 15) is 0 Å². The molecule has 0 spiro atoms. The zero-order valence-electron chi connectivity index (χ0n) is 10.4. The van der Waals surface area contributed by atoms with Crippen molar-refractivity contribution in [1.82, 2.24) is 14.5 Å². The Bertz CT molecular complexity index is 506. The molecule has 94 valence electrons. The molecular weight excluding hydrogens is 224 g/mol. The number of nitrogens with zero attached hydrogens (tertiary/aromatic N) is 3. The van der Waals surface area contributed by atoms with Gasteiger partial charge in [-0.2, -0.15) is 0 Å². The van der Waals surface area contributed by atoms with Crippen LogP contribution in [0.5, 0.6) is 0 Å². The van der Waals surface area contributed by atoms with E-state index in [0.29, 0.717) is 6.04 Å². The Kier molecular flexibility index (Phi) is 3.11. The Morgan fingerprint density at radius 3 is 2.67 bits per heavy atom. The van der Waals surface area contributed by atoms with E-state index in [1.54, 1.807) is 0 Å². The number of pyridine rings is 1. The van der Waals surface area contributed by atoms with Gasteiger partial charge in [-0.25, -0.2) is 4.98 Å². The molecule has 4 heteroatoms. The Morgan fingerprint density at radius 1 is 1.11 bits per heavy atom. The number of aromatic nitrogens is 3. The van der Waals surface area contributed by atoms with Gasteiger partial charge < -0.3 is 10.3 Å². The van der Waals surface area contributed by atoms with E-state index in [4.69, 9.17) is 5.73 Å². The summed E-state index contributed by atoms with van der Waals surface area (Å²) in [5.41, 5.74) is 8.55. The molecule has 2 heterocycles. The fraction of sp³-hybridized carbons (Fsp3) is 0.429. The molecule has 2 aromatic rings. The highest BCUT2D eigenvalue weighted by Crippen LogP contribution is 2.31. The molecule has 18 heavy (non-hydrogen) atoms. The first kappa shape index (κ1) is 11.4. The van der Waals surface area contributed by atoms with E-state index in [0.717, 1.165) is 24.1 Å². The average Bonchev–Trinajstić information content (AvgIpc) is 2.89. The van der Waals surface area contributed by atoms with E-state index in [2.05, 4.69) is 14.5 Å². The van der Waals surface area contributed by atoms with Crippen molar-refractivity contribution in [3.8, 4) is 11.3 Å². The van der Waals surface area contributed by atoms with Crippen molar-refractivity contribution in [2.75, 3.05) is 0 Å². The molecule has 0 saturated heterocycles. The summed E-state index contributed by atoms with van der Waals surface area (Å²) in [6, 6.07) is 4.65. The van der Waals surface area contributed by atoms with Crippen LogP contribution in [0.2, 0.25) is 0 Å². The third-order valence-electron chi connectivity index (χ3n) is 3.78. The van der Waals surface area contributed by atoms with Gasteiger partial charge in [0.05, 0.1) is 24.3 Å². The van der Waals surface area contributed by atoms with Crippen LogP contribution in [-0.2, 0) is 0 Å². The van der Waals surface area contributed by atoms with Crippen molar-refractivity contribution in [2.24, 2.45) is 5.73 Å². The van der Waals surface area contributed by atoms with Crippen LogP contribution in [0.15, 0.2) is 37.1 Å². The second-order valence-electron chi connectivity index (χ2n) is 4.94. The molecule has 0 aliphatic heterocycles. The molecule has 3 rings (SSSR count). The van der Waals surface area contributed by atoms with E-state index >= 15 is 0 Å². The Hall–Kier alpha value is -1.68. The Morgan fingerprint density at radius 2 is 1.89 bits per heavy atom. The average molecular weight is 242 g/mol. The second-order valence-corrected chi connectivity index (χ2v) is 4.94. The third-order valence-corrected chi connectivity index (χ3v) is 3.78. The first-order valence-corrected chi connectivity index (χ1v) is 6.54. The molecule has 0 aromatic carbocycles. The minimum Gasteiger partial charge on any atom is -0.326 e. The van der Waals surface area contributed by atoms with Gasteiger partial charge in [0.1, 0.15) is 0 Å². The summed E-state index contributed by atoms with van der Waals surface area (Å²) in [5.74, 6) is 0. The molecule has 1 aliphatic rings. The molecule has 2 atom stereocenters. The van der Waals surface area contributed by atoms with Gasteiger partial charge in [0.25, 0.3) is 0 Å². The van der Waals surface area contributed by atoms with Crippen LogP contribution in [0.1, 0.15) is 31.7 Å². The Labute approximate surface area is 107 Å². The lowest BCUT2D eigenvalue weighted by Gasteiger charge is -2.30. The summed E-state index contributed by atoms with van der Waals surface area (Å²) >= 11 is 0. The Balaban J connectivity index is 1.96. The molecule has 0 bridgehead atoms. The molecule has 1 saturated carbocycles. The predicted molar refractivity (Wildman–Crippen MR) is 70.9 cm³/mol. The lowest BCUT2D eigenvalue weighted by atomic mass is 9.90. The fourth-order valence-corrected chi connectivity index (χ4v) is 2.80. The van der Waals surface area contributed by atoms with Crippen LogP contribution in [0.3, 0.4) is 0 Å². The van der Waals surface area contributed by atoms with Gasteiger partial charge in [-0.05, 0) is 25.0 Å². The first-order valence-electron chi connectivity index (χ1n) is 6.54. The summed E-state index contributed by atoms with van der Waals surface area (Å²) in [6.45, 7) is 0. The van der Waals surface area contributed by atoms with Crippen molar-refractivity contribution in [1.29, 1.82) is 0 Å². The maximum absolute atomic E-state index is 6.26. The van der Waals surface area contributed by atoms with Crippen molar-refractivity contribution in [3.05, 3.63) is 37.1 Å². The highest BCUT2D eigenvalue weighted by Gasteiger charge is 2.24. The fourth-order valence-electron chi connectivity index (χ4n) is 2.80. The number of hydrogen-bond acceptors (Lipinski definition) is 3. The van der Waals surface area contributed by atoms with Crippen LogP contribution in [-0.4, -0.2) is 20.6 Å². The van der Waals surface area contributed by atoms with Gasteiger partial charge in [0.15, 0.2) is 0 Å². The van der Waals surface area contributed by atoms with Crippen molar-refractivity contribution in [3.63, 3.8) is 0 Å². The predicted octanol–water partition coefficient (Wildman–Crippen LogP) is 2.39. The van der Waals surface area contributed by atoms with E-state index < -0.39 is 0 Å². The van der Waals surface area contributed by atoms with Gasteiger partial charge in [0, 0.05) is 24.0 Å². The molecule has 4 nitrogen and oxygen atoms in total. The van der Waals surface area contributed by atoms with Crippen molar-refractivity contribution < 1.29 is 0 Å². The van der Waals surface area contributed by atoms with Gasteiger partial charge in [-0.15, -0.1) is 0 Å². The normalized spacial score (nSPS) is 24.1. The van der Waals surface area contributed by atoms with Crippen molar-refractivity contribution in [2.45, 2.75) is 37.8 Å². The minimum atomic E-state index is 0.244. The molecule has 1 aliphatic carbocycles. The molecule has 1 fully saturated rings. The zero-order valence-corrected chi connectivity index (χ0v) is 10.4. The third kappa shape index (κ3) is 2.04. The van der Waals surface area contributed by atoms with Crippen LogP contribution in [0, 0.1) is 0 Å². The molecule has 2 aromatic heterocycles. The molecule has 2 N–H and O–H groups in total. The topological polar surface area (TPSA) is 56.7 Å². The highest BCUT2D eigenvalue weighted by molar-refractivity contribution is 5.58. The summed E-state index contributed by atoms with van der Waals surface area (Å²) in [7, 11) is 0. The lowest BCUT2D eigenvalue weighted by molar-refractivity contribution is 0.308. The van der Waals surface area contributed by atoms with Crippen LogP contribution in [0.25, 0.3) is 11.3 Å². The van der Waals surface area contributed by atoms with Gasteiger partial charge in [0.2, 0.25) is 0 Å². The van der Waals surface area contributed by atoms with Gasteiger partial charge in [-0.3, -0.25) is 4.98 Å². The van der Waals surface area contributed by atoms with Crippen LogP contribution >= 0.6 is 0 Å². The summed E-state index contributed by atoms with van der Waals surface area (Å²) in [6.07, 6.45) is 12.2. The van der Waals surface area contributed by atoms with Gasteiger partial charge >= 0.3 is 0 Å². The second kappa shape index (κ2) is 4.90. The number of imidazole rings is 1. The number of nitrogens with two attached hydrogens (primary N) is 1. The minimum absolute atomic E-state index is 0.244. The summed E-state index contributed by atoms with van der Waals surface area (Å²) in [4.78, 5) is 8.35. The maximum Gasteiger partial charge on any atom is 0.0954 e. The maximum atomic E-state index is 6.26. The SMILES string of the molecule is N[C@@H]1CCCC[C@H]1n1cncc1-c1ccncc1. The monoisotopic (exact) mass is 242 g/mol. The molecule has 0 radical (unpaired) electrons. The number of rotatable bonds is 2. The standard InChI is InChI=1S/C14H18N4/c15-12-3-1-2-4-13(12)18-10-17-9-14(18)11-5-7-16-8-6-11/h5-10,12-13H,1-4,15H2/t12-,13-/m1/s1. The molecular formula is C14H18N4. The number of hydrogen-bond donors (Lipinski definition) is 1. The van der Waals surface area contributed by atoms with E-state index in [1.807, 2.05) is 37.1 Å². The van der Waals surface area contributed by atoms with E-state index in [-0.39, 0.29) is 6.04 Å². The quantitative estimate of drug-likeness (QED) is 0.879. The zero-order chi connectivity index (χ0) is 12.4.